The average Bonchev–Trinajstić information content (AvgIpc) is 3.40. The van der Waals surface area contributed by atoms with Gasteiger partial charge in [0.2, 0.25) is 11.8 Å². The van der Waals surface area contributed by atoms with Gasteiger partial charge in [0.15, 0.2) is 5.65 Å². The number of nitrogens with one attached hydrogen (secondary N) is 2. The van der Waals surface area contributed by atoms with Gasteiger partial charge in [-0.3, -0.25) is 14.4 Å². The van der Waals surface area contributed by atoms with Crippen LogP contribution in [-0.4, -0.2) is 85.0 Å². The molecule has 3 heterocycles. The normalized spacial score (nSPS) is 14.6. The molecule has 0 bridgehead atoms. The molecule has 3 aromatic heterocycles. The fraction of sp³-hybridized carbons (Fsp3) is 0.500. The molecule has 1 saturated carbocycles. The molecule has 43 heavy (non-hydrogen) atoms. The Morgan fingerprint density at radius 1 is 1.19 bits per heavy atom. The minimum absolute atomic E-state index is 0.0686. The molecule has 1 aliphatic carbocycles. The number of carbonyl (C=O) groups is 3. The number of allylic oxidation sites excluding steroid dienone is 1. The quantitative estimate of drug-likeness (QED) is 0.270. The Balaban J connectivity index is 1.47. The first-order valence-electron chi connectivity index (χ1n) is 14.6. The highest BCUT2D eigenvalue weighted by molar-refractivity contribution is 5.92. The molecular weight excluding hydrogens is 552 g/mol. The van der Waals surface area contributed by atoms with E-state index in [-0.39, 0.29) is 31.1 Å². The van der Waals surface area contributed by atoms with E-state index in [1.807, 2.05) is 0 Å². The summed E-state index contributed by atoms with van der Waals surface area (Å²) in [7, 11) is 4.64. The summed E-state index contributed by atoms with van der Waals surface area (Å²) in [6, 6.07) is 3.17. The second kappa shape index (κ2) is 14.6. The van der Waals surface area contributed by atoms with Crippen molar-refractivity contribution >= 4 is 34.8 Å². The van der Waals surface area contributed by atoms with Crippen LogP contribution in [0.2, 0.25) is 0 Å². The lowest BCUT2D eigenvalue weighted by molar-refractivity contribution is -0.123. The number of aromatic nitrogens is 5. The van der Waals surface area contributed by atoms with Crippen LogP contribution in [0, 0.1) is 11.8 Å². The van der Waals surface area contributed by atoms with Crippen molar-refractivity contribution in [2.75, 3.05) is 33.0 Å². The Bertz CT molecular complexity index is 1520. The number of hydrogen-bond donors (Lipinski definition) is 3. The summed E-state index contributed by atoms with van der Waals surface area (Å²) in [5, 5.41) is 12.0. The van der Waals surface area contributed by atoms with Gasteiger partial charge in [0.1, 0.15) is 23.4 Å². The van der Waals surface area contributed by atoms with E-state index in [2.05, 4.69) is 25.3 Å². The van der Waals surface area contributed by atoms with Crippen LogP contribution in [0.15, 0.2) is 41.6 Å². The van der Waals surface area contributed by atoms with Crippen LogP contribution >= 0.6 is 0 Å². The van der Waals surface area contributed by atoms with Crippen LogP contribution < -0.4 is 10.9 Å². The zero-order valence-electron chi connectivity index (χ0n) is 25.0. The van der Waals surface area contributed by atoms with E-state index in [4.69, 9.17) is 0 Å². The maximum atomic E-state index is 13.3. The molecule has 3 amide bonds. The predicted molar refractivity (Wildman–Crippen MR) is 162 cm³/mol. The van der Waals surface area contributed by atoms with E-state index in [0.717, 1.165) is 22.5 Å². The molecule has 0 aliphatic heterocycles. The Hall–Kier alpha value is -4.55. The number of hydrogen-bond acceptors (Lipinski definition) is 7. The minimum Gasteiger partial charge on any atom is -0.465 e. The molecule has 1 fully saturated rings. The topological polar surface area (TPSA) is 166 Å². The second-order valence-corrected chi connectivity index (χ2v) is 11.3. The standard InChI is InChI=1S/C30H40N8O5/c1-36(2)25(39)14-8-7-12-21(17-37(3)30(42)43)28(40)33-22-13-9-15-38(29(22)41)18-24-34-26-23(31-19-32-27(26)35-24)16-20-10-5-4-6-11-20/h8-9,13-15,19-21H,4-7,10-12,16-18H2,1-3H3,(H,33,40)(H,42,43)(H,31,32,34,35)/b14-8+/t21-/m0/s1. The molecule has 0 spiro atoms. The lowest BCUT2D eigenvalue weighted by Gasteiger charge is -2.21. The molecule has 0 saturated heterocycles. The van der Waals surface area contributed by atoms with Crippen molar-refractivity contribution in [3.05, 3.63) is 58.7 Å². The molecule has 1 aliphatic rings. The smallest absolute Gasteiger partial charge is 0.407 e. The third-order valence-corrected chi connectivity index (χ3v) is 7.80. The van der Waals surface area contributed by atoms with Gasteiger partial charge in [0, 0.05) is 33.9 Å². The number of anilines is 1. The summed E-state index contributed by atoms with van der Waals surface area (Å²) in [5.74, 6) is -0.278. The SMILES string of the molecule is CN(C)C(=O)/C=C/CC[C@@H](CN(C)C(=O)O)C(=O)Nc1cccn(Cc2nc3ncnc(CC4CCCCC4)c3[nH]2)c1=O. The minimum atomic E-state index is -1.17. The van der Waals surface area contributed by atoms with Gasteiger partial charge >= 0.3 is 6.09 Å². The van der Waals surface area contributed by atoms with Gasteiger partial charge in [-0.15, -0.1) is 0 Å². The largest absolute Gasteiger partial charge is 0.465 e. The highest BCUT2D eigenvalue weighted by Crippen LogP contribution is 2.28. The van der Waals surface area contributed by atoms with Crippen molar-refractivity contribution in [2.24, 2.45) is 11.8 Å². The fourth-order valence-corrected chi connectivity index (χ4v) is 5.32. The lowest BCUT2D eigenvalue weighted by Crippen LogP contribution is -2.37. The van der Waals surface area contributed by atoms with Crippen molar-refractivity contribution in [1.29, 1.82) is 0 Å². The van der Waals surface area contributed by atoms with Gasteiger partial charge in [0.05, 0.1) is 18.2 Å². The number of rotatable bonds is 12. The number of nitrogens with zero attached hydrogens (tertiary/aromatic N) is 6. The molecule has 4 rings (SSSR count). The van der Waals surface area contributed by atoms with Crippen LogP contribution in [0.1, 0.15) is 56.5 Å². The monoisotopic (exact) mass is 592 g/mol. The molecule has 0 radical (unpaired) electrons. The zero-order valence-corrected chi connectivity index (χ0v) is 25.0. The second-order valence-electron chi connectivity index (χ2n) is 11.3. The summed E-state index contributed by atoms with van der Waals surface area (Å²) in [6.07, 6.45) is 12.7. The van der Waals surface area contributed by atoms with Crippen LogP contribution in [0.3, 0.4) is 0 Å². The number of H-pyrrole nitrogens is 1. The van der Waals surface area contributed by atoms with Gasteiger partial charge in [-0.1, -0.05) is 38.2 Å². The highest BCUT2D eigenvalue weighted by atomic mass is 16.4. The molecule has 13 heteroatoms. The van der Waals surface area contributed by atoms with E-state index in [0.29, 0.717) is 23.8 Å². The Morgan fingerprint density at radius 3 is 2.67 bits per heavy atom. The van der Waals surface area contributed by atoms with E-state index in [1.165, 1.54) is 67.1 Å². The van der Waals surface area contributed by atoms with Crippen molar-refractivity contribution in [2.45, 2.75) is 57.9 Å². The molecule has 3 aromatic rings. The Morgan fingerprint density at radius 2 is 1.95 bits per heavy atom. The first-order chi connectivity index (χ1) is 20.6. The number of pyridine rings is 1. The molecular formula is C30H40N8O5. The van der Waals surface area contributed by atoms with Crippen LogP contribution in [-0.2, 0) is 22.6 Å². The third kappa shape index (κ3) is 8.49. The van der Waals surface area contributed by atoms with Crippen molar-refractivity contribution < 1.29 is 19.5 Å². The number of imidazole rings is 1. The first-order valence-corrected chi connectivity index (χ1v) is 14.6. The van der Waals surface area contributed by atoms with E-state index >= 15 is 0 Å². The number of carbonyl (C=O) groups excluding carboxylic acids is 2. The number of amides is 3. The van der Waals surface area contributed by atoms with Gasteiger partial charge in [-0.05, 0) is 43.4 Å². The number of aromatic amines is 1. The average molecular weight is 593 g/mol. The van der Waals surface area contributed by atoms with Gasteiger partial charge in [-0.25, -0.2) is 19.7 Å². The van der Waals surface area contributed by atoms with Crippen molar-refractivity contribution in [1.82, 2.24) is 34.3 Å². The van der Waals surface area contributed by atoms with Crippen molar-refractivity contribution in [3.8, 4) is 0 Å². The van der Waals surface area contributed by atoms with Crippen LogP contribution in [0.4, 0.5) is 10.5 Å². The predicted octanol–water partition coefficient (Wildman–Crippen LogP) is 3.27. The third-order valence-electron chi connectivity index (χ3n) is 7.80. The maximum absolute atomic E-state index is 13.3. The summed E-state index contributed by atoms with van der Waals surface area (Å²) >= 11 is 0. The first kappa shape index (κ1) is 31.4. The van der Waals surface area contributed by atoms with E-state index in [9.17, 15) is 24.3 Å². The van der Waals surface area contributed by atoms with Gasteiger partial charge in [0.25, 0.3) is 5.56 Å². The molecule has 0 aromatic carbocycles. The fourth-order valence-electron chi connectivity index (χ4n) is 5.32. The zero-order chi connectivity index (χ0) is 30.9. The summed E-state index contributed by atoms with van der Waals surface area (Å²) in [6.45, 7) is 0.0680. The van der Waals surface area contributed by atoms with E-state index < -0.39 is 23.5 Å². The molecule has 230 valence electrons. The highest BCUT2D eigenvalue weighted by Gasteiger charge is 2.23. The van der Waals surface area contributed by atoms with Crippen molar-refractivity contribution in [3.63, 3.8) is 0 Å². The van der Waals surface area contributed by atoms with Gasteiger partial charge < -0.3 is 29.8 Å². The summed E-state index contributed by atoms with van der Waals surface area (Å²) in [4.78, 5) is 69.0. The maximum Gasteiger partial charge on any atom is 0.407 e. The number of carboxylic acid groups (broad SMARTS) is 1. The molecule has 1 atom stereocenters. The van der Waals surface area contributed by atoms with Crippen LogP contribution in [0.25, 0.3) is 11.2 Å². The Kier molecular flexibility index (Phi) is 10.6. The number of likely N-dealkylation sites (N-methyl/N-ethyl adjacent to an activating group) is 1. The molecule has 13 nitrogen and oxygen atoms in total. The van der Waals surface area contributed by atoms with Gasteiger partial charge in [-0.2, -0.15) is 0 Å². The Labute approximate surface area is 250 Å². The van der Waals surface area contributed by atoms with E-state index in [1.54, 1.807) is 32.4 Å². The van der Waals surface area contributed by atoms with Crippen LogP contribution in [0.5, 0.6) is 0 Å². The molecule has 0 unspecified atom stereocenters. The number of fused-ring (bicyclic) bond motifs is 1. The summed E-state index contributed by atoms with van der Waals surface area (Å²) in [5.41, 5.74) is 1.92. The summed E-state index contributed by atoms with van der Waals surface area (Å²) < 4.78 is 1.44. The lowest BCUT2D eigenvalue weighted by atomic mass is 9.86. The molecule has 3 N–H and O–H groups in total.